The summed E-state index contributed by atoms with van der Waals surface area (Å²) < 4.78 is 26.5. The number of furan rings is 1. The number of rotatable bonds is 6. The summed E-state index contributed by atoms with van der Waals surface area (Å²) in [5.74, 6) is 0.998. The Balaban J connectivity index is 2.24. The van der Waals surface area contributed by atoms with Crippen molar-refractivity contribution in [2.75, 3.05) is 23.5 Å². The molecule has 1 rings (SSSR count). The molecule has 4 nitrogen and oxygen atoms in total. The average molecular weight is 248 g/mol. The average Bonchev–Trinajstić information content (AvgIpc) is 2.63. The molecule has 1 aromatic rings. The van der Waals surface area contributed by atoms with Gasteiger partial charge < -0.3 is 4.42 Å². The van der Waals surface area contributed by atoms with Crippen molar-refractivity contribution in [2.24, 2.45) is 0 Å². The van der Waals surface area contributed by atoms with Crippen molar-refractivity contribution in [3.05, 3.63) is 24.2 Å². The van der Waals surface area contributed by atoms with E-state index in [1.54, 1.807) is 12.1 Å². The van der Waals surface area contributed by atoms with Crippen LogP contribution in [0.25, 0.3) is 0 Å². The third kappa shape index (κ3) is 5.03. The zero-order valence-corrected chi connectivity index (χ0v) is 9.94. The van der Waals surface area contributed by atoms with E-state index in [1.807, 2.05) is 0 Å². The summed E-state index contributed by atoms with van der Waals surface area (Å²) in [4.78, 5) is 11.4. The molecular formula is C9H12O4S2. The van der Waals surface area contributed by atoms with E-state index in [0.717, 1.165) is 0 Å². The van der Waals surface area contributed by atoms with E-state index < -0.39 is 9.84 Å². The molecule has 0 aliphatic rings. The van der Waals surface area contributed by atoms with Gasteiger partial charge in [0.05, 0.1) is 17.8 Å². The van der Waals surface area contributed by atoms with E-state index in [4.69, 9.17) is 4.42 Å². The molecule has 6 heteroatoms. The second-order valence-electron chi connectivity index (χ2n) is 3.08. The normalized spacial score (nSPS) is 11.5. The molecule has 0 spiro atoms. The maximum Gasteiger partial charge on any atom is 0.207 e. The van der Waals surface area contributed by atoms with Crippen LogP contribution in [0.1, 0.15) is 10.6 Å². The highest BCUT2D eigenvalue weighted by atomic mass is 32.2. The molecule has 0 unspecified atom stereocenters. The molecule has 84 valence electrons. The Morgan fingerprint density at radius 2 is 2.27 bits per heavy atom. The van der Waals surface area contributed by atoms with Crippen molar-refractivity contribution < 1.29 is 17.6 Å². The van der Waals surface area contributed by atoms with Gasteiger partial charge >= 0.3 is 0 Å². The molecule has 0 N–H and O–H groups in total. The highest BCUT2D eigenvalue weighted by Gasteiger charge is 2.09. The highest BCUT2D eigenvalue weighted by Crippen LogP contribution is 2.08. The maximum atomic E-state index is 11.4. The van der Waals surface area contributed by atoms with Crippen molar-refractivity contribution in [3.63, 3.8) is 0 Å². The van der Waals surface area contributed by atoms with Crippen LogP contribution >= 0.6 is 11.8 Å². The fourth-order valence-corrected chi connectivity index (χ4v) is 3.04. The molecule has 0 radical (unpaired) electrons. The molecule has 0 aliphatic carbocycles. The summed E-state index contributed by atoms with van der Waals surface area (Å²) in [5, 5.41) is 0. The third-order valence-electron chi connectivity index (χ3n) is 1.63. The minimum absolute atomic E-state index is 0.100. The lowest BCUT2D eigenvalue weighted by atomic mass is 10.3. The molecule has 15 heavy (non-hydrogen) atoms. The summed E-state index contributed by atoms with van der Waals surface area (Å²) in [7, 11) is -2.93. The van der Waals surface area contributed by atoms with Gasteiger partial charge in [-0.3, -0.25) is 4.79 Å². The van der Waals surface area contributed by atoms with Crippen LogP contribution in [0.4, 0.5) is 0 Å². The van der Waals surface area contributed by atoms with Crippen LogP contribution in [-0.4, -0.2) is 37.7 Å². The van der Waals surface area contributed by atoms with E-state index in [0.29, 0.717) is 11.5 Å². The summed E-state index contributed by atoms with van der Waals surface area (Å²) in [6, 6.07) is 3.24. The second kappa shape index (κ2) is 5.37. The van der Waals surface area contributed by atoms with Gasteiger partial charge in [-0.25, -0.2) is 8.42 Å². The van der Waals surface area contributed by atoms with Crippen LogP contribution in [-0.2, 0) is 9.84 Å². The number of hydrogen-bond donors (Lipinski definition) is 0. The number of carbonyl (C=O) groups excluding carboxylic acids is 1. The van der Waals surface area contributed by atoms with Gasteiger partial charge in [-0.05, 0) is 12.1 Å². The van der Waals surface area contributed by atoms with E-state index in [9.17, 15) is 13.2 Å². The quantitative estimate of drug-likeness (QED) is 0.560. The summed E-state index contributed by atoms with van der Waals surface area (Å²) >= 11 is 1.30. The van der Waals surface area contributed by atoms with Crippen molar-refractivity contribution in [2.45, 2.75) is 0 Å². The predicted octanol–water partition coefficient (Wildman–Crippen LogP) is 1.24. The molecule has 1 heterocycles. The zero-order chi connectivity index (χ0) is 11.3. The topological polar surface area (TPSA) is 64.3 Å². The predicted molar refractivity (Wildman–Crippen MR) is 60.1 cm³/mol. The Morgan fingerprint density at radius 3 is 2.80 bits per heavy atom. The molecule has 0 amide bonds. The van der Waals surface area contributed by atoms with Crippen molar-refractivity contribution >= 4 is 27.4 Å². The van der Waals surface area contributed by atoms with E-state index >= 15 is 0 Å². The number of sulfone groups is 1. The number of thioether (sulfide) groups is 1. The van der Waals surface area contributed by atoms with Crippen LogP contribution in [0.15, 0.2) is 22.8 Å². The highest BCUT2D eigenvalue weighted by molar-refractivity contribution is 8.01. The molecule has 1 aromatic heterocycles. The third-order valence-corrected chi connectivity index (χ3v) is 3.79. The first kappa shape index (κ1) is 12.3. The lowest BCUT2D eigenvalue weighted by molar-refractivity contribution is 0.0992. The Hall–Kier alpha value is -0.750. The molecule has 0 fully saturated rings. The van der Waals surface area contributed by atoms with Gasteiger partial charge in [-0.2, -0.15) is 11.8 Å². The second-order valence-corrected chi connectivity index (χ2v) is 6.45. The number of Topliss-reactive ketones (excluding diaryl/α,β-unsaturated/α-hetero) is 1. The first-order valence-electron chi connectivity index (χ1n) is 4.31. The SMILES string of the molecule is CS(=O)(=O)CCSCC(=O)c1ccco1. The first-order chi connectivity index (χ1) is 6.99. The van der Waals surface area contributed by atoms with E-state index in [1.165, 1.54) is 24.3 Å². The Labute approximate surface area is 93.0 Å². The van der Waals surface area contributed by atoms with Gasteiger partial charge in [0.1, 0.15) is 9.84 Å². The van der Waals surface area contributed by atoms with Gasteiger partial charge in [0.2, 0.25) is 5.78 Å². The molecule has 0 aliphatic heterocycles. The molecule has 0 aromatic carbocycles. The minimum atomic E-state index is -2.93. The number of carbonyl (C=O) groups is 1. The molecule has 0 bridgehead atoms. The lowest BCUT2D eigenvalue weighted by Gasteiger charge is -1.98. The molecule has 0 atom stereocenters. The largest absolute Gasteiger partial charge is 0.461 e. The fraction of sp³-hybridized carbons (Fsp3) is 0.444. The minimum Gasteiger partial charge on any atom is -0.461 e. The first-order valence-corrected chi connectivity index (χ1v) is 7.53. The van der Waals surface area contributed by atoms with Crippen LogP contribution in [0, 0.1) is 0 Å². The maximum absolute atomic E-state index is 11.4. The van der Waals surface area contributed by atoms with Crippen molar-refractivity contribution in [3.8, 4) is 0 Å². The Morgan fingerprint density at radius 1 is 1.53 bits per heavy atom. The molecular weight excluding hydrogens is 236 g/mol. The van der Waals surface area contributed by atoms with Gasteiger partial charge in [0.25, 0.3) is 0 Å². The summed E-state index contributed by atoms with van der Waals surface area (Å²) in [6.07, 6.45) is 2.62. The zero-order valence-electron chi connectivity index (χ0n) is 8.30. The van der Waals surface area contributed by atoms with Crippen LogP contribution in [0.2, 0.25) is 0 Å². The monoisotopic (exact) mass is 248 g/mol. The van der Waals surface area contributed by atoms with E-state index in [-0.39, 0.29) is 17.3 Å². The smallest absolute Gasteiger partial charge is 0.207 e. The van der Waals surface area contributed by atoms with Gasteiger partial charge in [0, 0.05) is 12.0 Å². The van der Waals surface area contributed by atoms with Crippen LogP contribution in [0.3, 0.4) is 0 Å². The molecule has 0 saturated carbocycles. The van der Waals surface area contributed by atoms with E-state index in [2.05, 4.69) is 0 Å². The van der Waals surface area contributed by atoms with Crippen molar-refractivity contribution in [1.29, 1.82) is 0 Å². The Kier molecular flexibility index (Phi) is 4.41. The lowest BCUT2D eigenvalue weighted by Crippen LogP contribution is -2.08. The fourth-order valence-electron chi connectivity index (χ4n) is 0.884. The van der Waals surface area contributed by atoms with Gasteiger partial charge in [-0.15, -0.1) is 0 Å². The summed E-state index contributed by atoms with van der Waals surface area (Å²) in [5.41, 5.74) is 0. The Bertz CT molecular complexity index is 405. The number of ketones is 1. The van der Waals surface area contributed by atoms with Gasteiger partial charge in [-0.1, -0.05) is 0 Å². The number of hydrogen-bond acceptors (Lipinski definition) is 5. The van der Waals surface area contributed by atoms with Crippen LogP contribution < -0.4 is 0 Å². The molecule has 0 saturated heterocycles. The van der Waals surface area contributed by atoms with Crippen LogP contribution in [0.5, 0.6) is 0 Å². The van der Waals surface area contributed by atoms with Gasteiger partial charge in [0.15, 0.2) is 5.76 Å². The summed E-state index contributed by atoms with van der Waals surface area (Å²) in [6.45, 7) is 0. The standard InChI is InChI=1S/C9H12O4S2/c1-15(11,12)6-5-14-7-8(10)9-3-2-4-13-9/h2-4H,5-7H2,1H3. The van der Waals surface area contributed by atoms with Crippen molar-refractivity contribution in [1.82, 2.24) is 0 Å².